The molecule has 126 valence electrons. The van der Waals surface area contributed by atoms with Gasteiger partial charge in [0.05, 0.1) is 13.2 Å². The first kappa shape index (κ1) is 15.1. The summed E-state index contributed by atoms with van der Waals surface area (Å²) in [6.07, 6.45) is 8.27. The number of aromatic nitrogens is 2. The van der Waals surface area contributed by atoms with Crippen molar-refractivity contribution in [3.05, 3.63) is 17.0 Å². The molecule has 6 heteroatoms. The van der Waals surface area contributed by atoms with Crippen LogP contribution in [0.2, 0.25) is 0 Å². The Kier molecular flexibility index (Phi) is 4.11. The number of hydrogen-bond acceptors (Lipinski definition) is 4. The van der Waals surface area contributed by atoms with Crippen LogP contribution in [-0.2, 0) is 22.3 Å². The number of rotatable bonds is 3. The van der Waals surface area contributed by atoms with E-state index in [1.807, 2.05) is 0 Å². The van der Waals surface area contributed by atoms with Gasteiger partial charge in [0.2, 0.25) is 0 Å². The van der Waals surface area contributed by atoms with Crippen molar-refractivity contribution in [2.75, 3.05) is 19.8 Å². The first-order valence-corrected chi connectivity index (χ1v) is 8.88. The van der Waals surface area contributed by atoms with E-state index in [9.17, 15) is 4.79 Å². The third-order valence-electron chi connectivity index (χ3n) is 5.50. The third kappa shape index (κ3) is 3.02. The highest BCUT2D eigenvalue weighted by atomic mass is 16.7. The fourth-order valence-corrected chi connectivity index (χ4v) is 4.10. The summed E-state index contributed by atoms with van der Waals surface area (Å²) >= 11 is 0. The number of H-pyrrole nitrogens is 1. The molecule has 1 saturated carbocycles. The third-order valence-corrected chi connectivity index (χ3v) is 5.50. The van der Waals surface area contributed by atoms with Crippen LogP contribution in [0.4, 0.5) is 0 Å². The lowest BCUT2D eigenvalue weighted by molar-refractivity contribution is -0.182. The van der Waals surface area contributed by atoms with Crippen LogP contribution in [0.1, 0.15) is 60.3 Å². The molecule has 6 nitrogen and oxygen atoms in total. The van der Waals surface area contributed by atoms with Gasteiger partial charge in [-0.25, -0.2) is 0 Å². The first-order valence-electron chi connectivity index (χ1n) is 8.88. The van der Waals surface area contributed by atoms with Crippen LogP contribution in [0.15, 0.2) is 0 Å². The number of carbonyl (C=O) groups is 1. The van der Waals surface area contributed by atoms with Crippen LogP contribution < -0.4 is 5.32 Å². The number of aryl methyl sites for hydroxylation is 1. The van der Waals surface area contributed by atoms with Gasteiger partial charge in [0, 0.05) is 30.6 Å². The SMILES string of the molecule is O=C(NCC1CCC2(CC1)OCCO2)c1n[nH]c2c1CCCC2. The lowest BCUT2D eigenvalue weighted by atomic mass is 9.85. The second-order valence-corrected chi connectivity index (χ2v) is 7.00. The zero-order chi connectivity index (χ0) is 15.7. The van der Waals surface area contributed by atoms with Crippen LogP contribution >= 0.6 is 0 Å². The molecule has 1 saturated heterocycles. The van der Waals surface area contributed by atoms with E-state index in [0.29, 0.717) is 24.8 Å². The molecule has 0 atom stereocenters. The number of nitrogens with zero attached hydrogens (tertiary/aromatic N) is 1. The molecule has 2 aliphatic carbocycles. The molecule has 23 heavy (non-hydrogen) atoms. The minimum absolute atomic E-state index is 0.0296. The van der Waals surface area contributed by atoms with E-state index in [4.69, 9.17) is 9.47 Å². The number of amides is 1. The molecule has 1 aromatic rings. The summed E-state index contributed by atoms with van der Waals surface area (Å²) in [5, 5.41) is 10.4. The van der Waals surface area contributed by atoms with Gasteiger partial charge in [-0.1, -0.05) is 0 Å². The molecule has 2 fully saturated rings. The molecule has 2 heterocycles. The summed E-state index contributed by atoms with van der Waals surface area (Å²) in [5.74, 6) is 0.159. The van der Waals surface area contributed by atoms with Crippen molar-refractivity contribution in [1.82, 2.24) is 15.5 Å². The molecule has 0 unspecified atom stereocenters. The Labute approximate surface area is 136 Å². The average molecular weight is 319 g/mol. The molecular formula is C17H25N3O3. The smallest absolute Gasteiger partial charge is 0.272 e. The highest BCUT2D eigenvalue weighted by molar-refractivity contribution is 5.94. The van der Waals surface area contributed by atoms with Crippen LogP contribution in [0.3, 0.4) is 0 Å². The summed E-state index contributed by atoms with van der Waals surface area (Å²) in [4.78, 5) is 12.4. The molecule has 1 amide bonds. The molecule has 2 N–H and O–H groups in total. The largest absolute Gasteiger partial charge is 0.350 e. The second kappa shape index (κ2) is 6.24. The van der Waals surface area contributed by atoms with Gasteiger partial charge in [-0.15, -0.1) is 0 Å². The molecule has 0 bridgehead atoms. The highest BCUT2D eigenvalue weighted by Gasteiger charge is 2.40. The zero-order valence-corrected chi connectivity index (χ0v) is 13.5. The maximum absolute atomic E-state index is 12.4. The van der Waals surface area contributed by atoms with Gasteiger partial charge in [-0.2, -0.15) is 5.10 Å². The quantitative estimate of drug-likeness (QED) is 0.893. The van der Waals surface area contributed by atoms with Crippen molar-refractivity contribution in [2.24, 2.45) is 5.92 Å². The fourth-order valence-electron chi connectivity index (χ4n) is 4.10. The van der Waals surface area contributed by atoms with Crippen LogP contribution in [0.5, 0.6) is 0 Å². The molecule has 1 aliphatic heterocycles. The number of ether oxygens (including phenoxy) is 2. The van der Waals surface area contributed by atoms with Gasteiger partial charge in [0.25, 0.3) is 5.91 Å². The van der Waals surface area contributed by atoms with E-state index >= 15 is 0 Å². The van der Waals surface area contributed by atoms with Crippen molar-refractivity contribution in [3.8, 4) is 0 Å². The molecule has 0 radical (unpaired) electrons. The Bertz CT molecular complexity index is 568. The predicted octanol–water partition coefficient (Wildman–Crippen LogP) is 1.95. The monoisotopic (exact) mass is 319 g/mol. The van der Waals surface area contributed by atoms with E-state index in [2.05, 4.69) is 15.5 Å². The summed E-state index contributed by atoms with van der Waals surface area (Å²) in [6, 6.07) is 0. The van der Waals surface area contributed by atoms with Gasteiger partial charge in [0.1, 0.15) is 0 Å². The molecule has 1 aromatic heterocycles. The minimum Gasteiger partial charge on any atom is -0.350 e. The zero-order valence-electron chi connectivity index (χ0n) is 13.5. The summed E-state index contributed by atoms with van der Waals surface area (Å²) in [5.41, 5.74) is 2.88. The summed E-state index contributed by atoms with van der Waals surface area (Å²) in [7, 11) is 0. The number of carbonyl (C=O) groups excluding carboxylic acids is 1. The minimum atomic E-state index is -0.318. The van der Waals surface area contributed by atoms with Crippen molar-refractivity contribution in [1.29, 1.82) is 0 Å². The average Bonchev–Trinajstić information content (AvgIpc) is 3.21. The van der Waals surface area contributed by atoms with Crippen molar-refractivity contribution < 1.29 is 14.3 Å². The lowest BCUT2D eigenvalue weighted by Crippen LogP contribution is -2.39. The molecule has 4 rings (SSSR count). The van der Waals surface area contributed by atoms with E-state index in [1.165, 1.54) is 6.42 Å². The Balaban J connectivity index is 1.30. The molecule has 1 spiro atoms. The number of hydrogen-bond donors (Lipinski definition) is 2. The van der Waals surface area contributed by atoms with Gasteiger partial charge in [0.15, 0.2) is 11.5 Å². The number of fused-ring (bicyclic) bond motifs is 1. The second-order valence-electron chi connectivity index (χ2n) is 7.00. The van der Waals surface area contributed by atoms with Gasteiger partial charge in [-0.05, 0) is 44.4 Å². The molecular weight excluding hydrogens is 294 g/mol. The van der Waals surface area contributed by atoms with Crippen molar-refractivity contribution in [3.63, 3.8) is 0 Å². The van der Waals surface area contributed by atoms with Gasteiger partial charge >= 0.3 is 0 Å². The molecule has 0 aromatic carbocycles. The Morgan fingerprint density at radius 2 is 1.96 bits per heavy atom. The standard InChI is InChI=1S/C17H25N3O3/c21-16(15-13-3-1-2-4-14(13)19-20-15)18-11-12-5-7-17(8-6-12)22-9-10-23-17/h12H,1-11H2,(H,18,21)(H,19,20). The van der Waals surface area contributed by atoms with Crippen LogP contribution in [0, 0.1) is 5.92 Å². The van der Waals surface area contributed by atoms with Gasteiger partial charge in [-0.3, -0.25) is 9.89 Å². The van der Waals surface area contributed by atoms with E-state index in [0.717, 1.165) is 62.7 Å². The van der Waals surface area contributed by atoms with Gasteiger partial charge < -0.3 is 14.8 Å². The maximum atomic E-state index is 12.4. The summed E-state index contributed by atoms with van der Waals surface area (Å²) in [6.45, 7) is 2.15. The number of nitrogens with one attached hydrogen (secondary N) is 2. The Hall–Kier alpha value is -1.40. The van der Waals surface area contributed by atoms with E-state index in [-0.39, 0.29) is 11.7 Å². The van der Waals surface area contributed by atoms with Crippen LogP contribution in [0.25, 0.3) is 0 Å². The topological polar surface area (TPSA) is 76.2 Å². The maximum Gasteiger partial charge on any atom is 0.272 e. The van der Waals surface area contributed by atoms with Crippen LogP contribution in [-0.4, -0.2) is 41.7 Å². The number of aromatic amines is 1. The normalized spacial score (nSPS) is 23.8. The fraction of sp³-hybridized carbons (Fsp3) is 0.765. The Morgan fingerprint density at radius 1 is 1.22 bits per heavy atom. The predicted molar refractivity (Wildman–Crippen MR) is 84.2 cm³/mol. The van der Waals surface area contributed by atoms with E-state index in [1.54, 1.807) is 0 Å². The van der Waals surface area contributed by atoms with Crippen molar-refractivity contribution in [2.45, 2.75) is 57.2 Å². The molecule has 3 aliphatic rings. The van der Waals surface area contributed by atoms with E-state index < -0.39 is 0 Å². The summed E-state index contributed by atoms with van der Waals surface area (Å²) < 4.78 is 11.5. The highest BCUT2D eigenvalue weighted by Crippen LogP contribution is 2.38. The first-order chi connectivity index (χ1) is 11.3. The lowest BCUT2D eigenvalue weighted by Gasteiger charge is -2.35. The van der Waals surface area contributed by atoms with Crippen molar-refractivity contribution >= 4 is 5.91 Å². The Morgan fingerprint density at radius 3 is 2.74 bits per heavy atom.